The van der Waals surface area contributed by atoms with Gasteiger partial charge in [-0.25, -0.2) is 14.5 Å². The van der Waals surface area contributed by atoms with Gasteiger partial charge in [0.15, 0.2) is 28.6 Å². The summed E-state index contributed by atoms with van der Waals surface area (Å²) in [5.74, 6) is 2.95. The molecule has 5 aromatic rings. The van der Waals surface area contributed by atoms with E-state index >= 15 is 0 Å². The Labute approximate surface area is 197 Å². The van der Waals surface area contributed by atoms with Gasteiger partial charge in [0.1, 0.15) is 12.1 Å². The molecule has 0 N–H and O–H groups in total. The summed E-state index contributed by atoms with van der Waals surface area (Å²) < 4.78 is 20.3. The van der Waals surface area contributed by atoms with Crippen LogP contribution in [0.15, 0.2) is 48.8 Å². The van der Waals surface area contributed by atoms with E-state index in [2.05, 4.69) is 35.6 Å². The van der Waals surface area contributed by atoms with Crippen molar-refractivity contribution in [2.45, 2.75) is 27.2 Å². The van der Waals surface area contributed by atoms with Crippen LogP contribution in [0.3, 0.4) is 0 Å². The van der Waals surface area contributed by atoms with Gasteiger partial charge in [0.2, 0.25) is 0 Å². The van der Waals surface area contributed by atoms with E-state index in [4.69, 9.17) is 24.2 Å². The van der Waals surface area contributed by atoms with Crippen molar-refractivity contribution in [1.29, 1.82) is 0 Å². The second-order valence-electron chi connectivity index (χ2n) is 8.08. The molecular formula is C26H27N5O3. The number of rotatable bonds is 7. The fourth-order valence-electron chi connectivity index (χ4n) is 4.33. The van der Waals surface area contributed by atoms with Gasteiger partial charge in [-0.2, -0.15) is 0 Å². The Hall–Kier alpha value is -4.07. The summed E-state index contributed by atoms with van der Waals surface area (Å²) in [6, 6.07) is 13.9. The number of hydrogen-bond acceptors (Lipinski definition) is 6. The Balaban J connectivity index is 1.57. The standard InChI is InChI=1S/C26H27N5O3/c1-6-34-20-10-8-19(9-11-20)31-17(3)16(2)24-25(31)27-15-30-26(24)28-23(29-30)14-18-7-12-21(32-4)22(13-18)33-5/h7-13,15H,6,14H2,1-5H3. The lowest BCUT2D eigenvalue weighted by atomic mass is 10.1. The number of aryl methyl sites for hydroxylation is 1. The minimum absolute atomic E-state index is 0.571. The van der Waals surface area contributed by atoms with Gasteiger partial charge < -0.3 is 14.2 Å². The summed E-state index contributed by atoms with van der Waals surface area (Å²) in [4.78, 5) is 9.64. The molecule has 3 aromatic heterocycles. The highest BCUT2D eigenvalue weighted by atomic mass is 16.5. The molecule has 3 heterocycles. The van der Waals surface area contributed by atoms with Crippen LogP contribution < -0.4 is 14.2 Å². The Morgan fingerprint density at radius 1 is 0.912 bits per heavy atom. The first-order valence-corrected chi connectivity index (χ1v) is 11.2. The van der Waals surface area contributed by atoms with Crippen LogP contribution in [-0.4, -0.2) is 45.0 Å². The van der Waals surface area contributed by atoms with Crippen LogP contribution >= 0.6 is 0 Å². The molecule has 0 bridgehead atoms. The zero-order valence-corrected chi connectivity index (χ0v) is 20.0. The average molecular weight is 458 g/mol. The van der Waals surface area contributed by atoms with E-state index < -0.39 is 0 Å². The molecule has 0 unspecified atom stereocenters. The van der Waals surface area contributed by atoms with Crippen LogP contribution in [0.5, 0.6) is 17.2 Å². The molecule has 0 spiro atoms. The van der Waals surface area contributed by atoms with Crippen molar-refractivity contribution in [3.05, 3.63) is 71.4 Å². The summed E-state index contributed by atoms with van der Waals surface area (Å²) >= 11 is 0. The lowest BCUT2D eigenvalue weighted by Gasteiger charge is -2.09. The Morgan fingerprint density at radius 2 is 1.68 bits per heavy atom. The molecule has 8 nitrogen and oxygen atoms in total. The van der Waals surface area contributed by atoms with Crippen LogP contribution in [0.2, 0.25) is 0 Å². The minimum Gasteiger partial charge on any atom is -0.494 e. The molecule has 0 fully saturated rings. The maximum atomic E-state index is 5.59. The van der Waals surface area contributed by atoms with Crippen molar-refractivity contribution >= 4 is 16.7 Å². The zero-order chi connectivity index (χ0) is 23.8. The normalized spacial score (nSPS) is 11.3. The van der Waals surface area contributed by atoms with Crippen molar-refractivity contribution in [3.8, 4) is 22.9 Å². The smallest absolute Gasteiger partial charge is 0.168 e. The third-order valence-electron chi connectivity index (χ3n) is 6.09. The molecule has 0 saturated carbocycles. The van der Waals surface area contributed by atoms with Gasteiger partial charge in [-0.3, -0.25) is 4.57 Å². The molecule has 0 saturated heterocycles. The molecule has 0 aliphatic heterocycles. The van der Waals surface area contributed by atoms with Crippen LogP contribution in [0.25, 0.3) is 22.4 Å². The third kappa shape index (κ3) is 3.61. The van der Waals surface area contributed by atoms with Crippen molar-refractivity contribution < 1.29 is 14.2 Å². The Morgan fingerprint density at radius 3 is 2.38 bits per heavy atom. The van der Waals surface area contributed by atoms with Crippen molar-refractivity contribution in [2.75, 3.05) is 20.8 Å². The number of fused-ring (bicyclic) bond motifs is 3. The first kappa shape index (κ1) is 21.8. The average Bonchev–Trinajstić information content (AvgIpc) is 3.37. The summed E-state index contributed by atoms with van der Waals surface area (Å²) in [7, 11) is 3.26. The van der Waals surface area contributed by atoms with E-state index in [0.717, 1.165) is 44.9 Å². The predicted octanol–water partition coefficient (Wildman–Crippen LogP) is 4.69. The second-order valence-corrected chi connectivity index (χ2v) is 8.08. The van der Waals surface area contributed by atoms with Gasteiger partial charge >= 0.3 is 0 Å². The highest BCUT2D eigenvalue weighted by Crippen LogP contribution is 2.31. The number of ether oxygens (including phenoxy) is 3. The third-order valence-corrected chi connectivity index (χ3v) is 6.09. The van der Waals surface area contributed by atoms with Gasteiger partial charge in [-0.05, 0) is 68.3 Å². The van der Waals surface area contributed by atoms with Gasteiger partial charge in [-0.1, -0.05) is 6.07 Å². The van der Waals surface area contributed by atoms with Crippen molar-refractivity contribution in [3.63, 3.8) is 0 Å². The molecule has 5 rings (SSSR count). The van der Waals surface area contributed by atoms with E-state index in [-0.39, 0.29) is 0 Å². The molecule has 34 heavy (non-hydrogen) atoms. The molecule has 0 amide bonds. The second kappa shape index (κ2) is 8.70. The fourth-order valence-corrected chi connectivity index (χ4v) is 4.33. The van der Waals surface area contributed by atoms with E-state index in [1.54, 1.807) is 25.1 Å². The molecule has 2 aromatic carbocycles. The van der Waals surface area contributed by atoms with E-state index in [1.165, 1.54) is 0 Å². The molecule has 0 aliphatic carbocycles. The van der Waals surface area contributed by atoms with E-state index in [9.17, 15) is 0 Å². The number of methoxy groups -OCH3 is 2. The lowest BCUT2D eigenvalue weighted by molar-refractivity contribution is 0.340. The predicted molar refractivity (Wildman–Crippen MR) is 131 cm³/mol. The quantitative estimate of drug-likeness (QED) is 0.353. The first-order chi connectivity index (χ1) is 16.5. The summed E-state index contributed by atoms with van der Waals surface area (Å²) in [5, 5.41) is 5.69. The molecule has 0 aliphatic rings. The SMILES string of the molecule is CCOc1ccc(-n2c(C)c(C)c3c2ncn2nc(Cc4ccc(OC)c(OC)c4)nc32)cc1. The largest absolute Gasteiger partial charge is 0.494 e. The maximum absolute atomic E-state index is 5.59. The zero-order valence-electron chi connectivity index (χ0n) is 20.0. The molecule has 174 valence electrons. The van der Waals surface area contributed by atoms with Gasteiger partial charge in [0.25, 0.3) is 0 Å². The van der Waals surface area contributed by atoms with Crippen LogP contribution in [0.4, 0.5) is 0 Å². The maximum Gasteiger partial charge on any atom is 0.168 e. The minimum atomic E-state index is 0.571. The Bertz CT molecular complexity index is 1480. The lowest BCUT2D eigenvalue weighted by Crippen LogP contribution is -2.00. The topological polar surface area (TPSA) is 75.7 Å². The fraction of sp³-hybridized carbons (Fsp3) is 0.269. The van der Waals surface area contributed by atoms with Gasteiger partial charge in [-0.15, -0.1) is 5.10 Å². The summed E-state index contributed by atoms with van der Waals surface area (Å²) in [5.41, 5.74) is 5.97. The van der Waals surface area contributed by atoms with Crippen LogP contribution in [0.1, 0.15) is 29.6 Å². The molecular weight excluding hydrogens is 430 g/mol. The highest BCUT2D eigenvalue weighted by Gasteiger charge is 2.19. The van der Waals surface area contributed by atoms with Crippen molar-refractivity contribution in [2.24, 2.45) is 0 Å². The number of aromatic nitrogens is 5. The van der Waals surface area contributed by atoms with Crippen LogP contribution in [-0.2, 0) is 6.42 Å². The highest BCUT2D eigenvalue weighted by molar-refractivity contribution is 5.95. The number of hydrogen-bond donors (Lipinski definition) is 0. The number of nitrogens with zero attached hydrogens (tertiary/aromatic N) is 5. The van der Waals surface area contributed by atoms with Crippen molar-refractivity contribution in [1.82, 2.24) is 24.1 Å². The van der Waals surface area contributed by atoms with Crippen LogP contribution in [0, 0.1) is 13.8 Å². The summed E-state index contributed by atoms with van der Waals surface area (Å²) in [6.45, 7) is 6.83. The molecule has 8 heteroatoms. The molecule has 0 radical (unpaired) electrons. The Kier molecular flexibility index (Phi) is 5.57. The van der Waals surface area contributed by atoms with E-state index in [0.29, 0.717) is 30.4 Å². The van der Waals surface area contributed by atoms with Gasteiger partial charge in [0, 0.05) is 17.8 Å². The monoisotopic (exact) mass is 457 g/mol. The van der Waals surface area contributed by atoms with Gasteiger partial charge in [0.05, 0.1) is 26.2 Å². The number of benzene rings is 2. The van der Waals surface area contributed by atoms with E-state index in [1.807, 2.05) is 37.3 Å². The molecule has 0 atom stereocenters. The first-order valence-electron chi connectivity index (χ1n) is 11.2. The summed E-state index contributed by atoms with van der Waals surface area (Å²) in [6.07, 6.45) is 2.30.